The Morgan fingerprint density at radius 1 is 1.06 bits per heavy atom. The molecule has 2 amide bonds. The van der Waals surface area contributed by atoms with Crippen LogP contribution in [0, 0.1) is 0 Å². The smallest absolute Gasteiger partial charge is 0.244 e. The van der Waals surface area contributed by atoms with E-state index in [1.54, 1.807) is 55.5 Å². The number of anilines is 1. The zero-order valence-electron chi connectivity index (χ0n) is 20.7. The molecule has 2 aromatic rings. The average Bonchev–Trinajstić information content (AvgIpc) is 2.82. The zero-order chi connectivity index (χ0) is 26.0. The number of nitrogens with zero attached hydrogens (tertiary/aromatic N) is 2. The molecule has 8 nitrogen and oxygen atoms in total. The highest BCUT2D eigenvalue weighted by molar-refractivity contribution is 7.92. The molecule has 2 rings (SSSR count). The molecule has 1 atom stereocenters. The van der Waals surface area contributed by atoms with Gasteiger partial charge in [-0.15, -0.1) is 0 Å². The van der Waals surface area contributed by atoms with Crippen LogP contribution in [0.5, 0.6) is 5.75 Å². The molecular formula is C25H34ClN3O5S. The zero-order valence-corrected chi connectivity index (χ0v) is 22.2. The number of ether oxygens (including phenoxy) is 1. The number of carbonyl (C=O) groups is 2. The van der Waals surface area contributed by atoms with E-state index >= 15 is 0 Å². The summed E-state index contributed by atoms with van der Waals surface area (Å²) in [6, 6.07) is 12.9. The van der Waals surface area contributed by atoms with Crippen LogP contribution in [0.15, 0.2) is 48.5 Å². The van der Waals surface area contributed by atoms with Crippen LogP contribution in [-0.4, -0.2) is 57.1 Å². The Hall–Kier alpha value is -2.78. The topological polar surface area (TPSA) is 96.0 Å². The van der Waals surface area contributed by atoms with Crippen molar-refractivity contribution in [2.45, 2.75) is 46.2 Å². The van der Waals surface area contributed by atoms with Crippen LogP contribution in [0.25, 0.3) is 0 Å². The minimum Gasteiger partial charge on any atom is -0.492 e. The van der Waals surface area contributed by atoms with Gasteiger partial charge in [0.25, 0.3) is 0 Å². The van der Waals surface area contributed by atoms with E-state index in [2.05, 4.69) is 5.32 Å². The maximum atomic E-state index is 13.7. The number of hydrogen-bond acceptors (Lipinski definition) is 5. The van der Waals surface area contributed by atoms with E-state index in [0.717, 1.165) is 22.5 Å². The molecule has 1 N–H and O–H groups in total. The molecular weight excluding hydrogens is 490 g/mol. The molecule has 0 aromatic heterocycles. The third-order valence-electron chi connectivity index (χ3n) is 5.31. The molecule has 2 aromatic carbocycles. The van der Waals surface area contributed by atoms with Crippen molar-refractivity contribution in [2.75, 3.05) is 30.3 Å². The van der Waals surface area contributed by atoms with E-state index in [1.165, 1.54) is 4.90 Å². The first-order valence-electron chi connectivity index (χ1n) is 11.6. The monoisotopic (exact) mass is 523 g/mol. The largest absolute Gasteiger partial charge is 0.492 e. The third-order valence-corrected chi connectivity index (χ3v) is 6.69. The summed E-state index contributed by atoms with van der Waals surface area (Å²) in [6.07, 6.45) is 2.16. The molecule has 35 heavy (non-hydrogen) atoms. The van der Waals surface area contributed by atoms with Crippen LogP contribution in [0.4, 0.5) is 5.69 Å². The van der Waals surface area contributed by atoms with Gasteiger partial charge in [-0.1, -0.05) is 49.7 Å². The van der Waals surface area contributed by atoms with Crippen molar-refractivity contribution in [3.63, 3.8) is 0 Å². The number of hydrogen-bond donors (Lipinski definition) is 1. The van der Waals surface area contributed by atoms with E-state index in [4.69, 9.17) is 16.3 Å². The van der Waals surface area contributed by atoms with E-state index in [1.807, 2.05) is 13.8 Å². The Labute approximate surface area is 213 Å². The van der Waals surface area contributed by atoms with Crippen molar-refractivity contribution in [2.24, 2.45) is 0 Å². The molecule has 0 bridgehead atoms. The highest BCUT2D eigenvalue weighted by atomic mass is 35.5. The van der Waals surface area contributed by atoms with Gasteiger partial charge in [0.05, 0.1) is 18.6 Å². The Balaban J connectivity index is 2.45. The van der Waals surface area contributed by atoms with E-state index in [-0.39, 0.29) is 18.1 Å². The highest BCUT2D eigenvalue weighted by Crippen LogP contribution is 2.30. The quantitative estimate of drug-likeness (QED) is 0.430. The maximum Gasteiger partial charge on any atom is 0.244 e. The van der Waals surface area contributed by atoms with Crippen molar-refractivity contribution < 1.29 is 22.7 Å². The van der Waals surface area contributed by atoms with Gasteiger partial charge in [-0.2, -0.15) is 0 Å². The lowest BCUT2D eigenvalue weighted by Crippen LogP contribution is -2.52. The Bertz CT molecular complexity index is 1090. The predicted molar refractivity (Wildman–Crippen MR) is 139 cm³/mol. The Morgan fingerprint density at radius 2 is 1.71 bits per heavy atom. The van der Waals surface area contributed by atoms with Crippen molar-refractivity contribution in [3.8, 4) is 5.75 Å². The molecule has 0 aliphatic rings. The summed E-state index contributed by atoms with van der Waals surface area (Å²) in [4.78, 5) is 28.0. The summed E-state index contributed by atoms with van der Waals surface area (Å²) in [6.45, 7) is 6.01. The van der Waals surface area contributed by atoms with Gasteiger partial charge >= 0.3 is 0 Å². The van der Waals surface area contributed by atoms with Gasteiger partial charge < -0.3 is 15.0 Å². The lowest BCUT2D eigenvalue weighted by Gasteiger charge is -2.33. The molecule has 0 spiro atoms. The molecule has 0 saturated carbocycles. The van der Waals surface area contributed by atoms with Crippen LogP contribution in [0.1, 0.15) is 39.2 Å². The van der Waals surface area contributed by atoms with E-state index in [0.29, 0.717) is 30.3 Å². The number of rotatable bonds is 13. The minimum absolute atomic E-state index is 0.124. The number of nitrogens with one attached hydrogen (secondary N) is 1. The fraction of sp³-hybridized carbons (Fsp3) is 0.440. The van der Waals surface area contributed by atoms with E-state index < -0.39 is 28.5 Å². The second-order valence-corrected chi connectivity index (χ2v) is 10.4. The summed E-state index contributed by atoms with van der Waals surface area (Å²) in [5.74, 6) is -0.433. The number of carbonyl (C=O) groups excluding carboxylic acids is 2. The second-order valence-electron chi connectivity index (χ2n) is 8.03. The normalized spacial score (nSPS) is 12.0. The molecule has 10 heteroatoms. The maximum absolute atomic E-state index is 13.7. The van der Waals surface area contributed by atoms with Crippen molar-refractivity contribution in [1.82, 2.24) is 10.2 Å². The van der Waals surface area contributed by atoms with Gasteiger partial charge in [-0.25, -0.2) is 8.42 Å². The summed E-state index contributed by atoms with van der Waals surface area (Å²) < 4.78 is 32.2. The molecule has 0 radical (unpaired) electrons. The molecule has 0 aliphatic heterocycles. The number of benzene rings is 2. The van der Waals surface area contributed by atoms with Gasteiger partial charge in [-0.3, -0.25) is 13.9 Å². The number of amides is 2. The standard InChI is InChI=1S/C25H34ClN3O5S/c1-5-16-27-25(31)21(6-2)28(17-19-12-14-20(26)15-13-19)24(30)18-29(35(4,32)33)22-10-8-9-11-23(22)34-7-3/h8-15,21H,5-7,16-18H2,1-4H3,(H,27,31). The van der Waals surface area contributed by atoms with Crippen LogP contribution in [-0.2, 0) is 26.2 Å². The third kappa shape index (κ3) is 8.14. The minimum atomic E-state index is -3.84. The first kappa shape index (κ1) is 28.5. The van der Waals surface area contributed by atoms with Crippen molar-refractivity contribution in [3.05, 3.63) is 59.1 Å². The first-order chi connectivity index (χ1) is 16.6. The average molecular weight is 524 g/mol. The van der Waals surface area contributed by atoms with Gasteiger partial charge in [0, 0.05) is 18.1 Å². The van der Waals surface area contributed by atoms with Crippen molar-refractivity contribution in [1.29, 1.82) is 0 Å². The Morgan fingerprint density at radius 3 is 2.29 bits per heavy atom. The highest BCUT2D eigenvalue weighted by Gasteiger charge is 2.32. The SMILES string of the molecule is CCCNC(=O)C(CC)N(Cc1ccc(Cl)cc1)C(=O)CN(c1ccccc1OCC)S(C)(=O)=O. The lowest BCUT2D eigenvalue weighted by molar-refractivity contribution is -0.140. The Kier molecular flexibility index (Phi) is 10.9. The molecule has 0 heterocycles. The van der Waals surface area contributed by atoms with Gasteiger partial charge in [0.2, 0.25) is 21.8 Å². The van der Waals surface area contributed by atoms with Crippen LogP contribution >= 0.6 is 11.6 Å². The number of halogens is 1. The fourth-order valence-electron chi connectivity index (χ4n) is 3.61. The summed E-state index contributed by atoms with van der Waals surface area (Å²) in [7, 11) is -3.84. The number of sulfonamides is 1. The van der Waals surface area contributed by atoms with Crippen molar-refractivity contribution >= 4 is 39.1 Å². The molecule has 1 unspecified atom stereocenters. The van der Waals surface area contributed by atoms with Crippen LogP contribution in [0.3, 0.4) is 0 Å². The molecule has 0 fully saturated rings. The molecule has 0 saturated heterocycles. The van der Waals surface area contributed by atoms with E-state index in [9.17, 15) is 18.0 Å². The molecule has 0 aliphatic carbocycles. The summed E-state index contributed by atoms with van der Waals surface area (Å²) in [5, 5.41) is 3.40. The molecule has 192 valence electrons. The van der Waals surface area contributed by atoms with Crippen LogP contribution < -0.4 is 14.4 Å². The van der Waals surface area contributed by atoms with Gasteiger partial charge in [-0.05, 0) is 49.6 Å². The summed E-state index contributed by atoms with van der Waals surface area (Å²) >= 11 is 6.01. The second kappa shape index (κ2) is 13.3. The fourth-order valence-corrected chi connectivity index (χ4v) is 4.59. The number of para-hydroxylation sites is 2. The van der Waals surface area contributed by atoms with Gasteiger partial charge in [0.1, 0.15) is 18.3 Å². The predicted octanol–water partition coefficient (Wildman–Crippen LogP) is 3.84. The van der Waals surface area contributed by atoms with Gasteiger partial charge in [0.15, 0.2) is 0 Å². The first-order valence-corrected chi connectivity index (χ1v) is 13.9. The lowest BCUT2D eigenvalue weighted by atomic mass is 10.1. The summed E-state index contributed by atoms with van der Waals surface area (Å²) in [5.41, 5.74) is 1.03. The van der Waals surface area contributed by atoms with Crippen LogP contribution in [0.2, 0.25) is 5.02 Å².